The zero-order valence-corrected chi connectivity index (χ0v) is 9.18. The van der Waals surface area contributed by atoms with Crippen LogP contribution in [-0.2, 0) is 0 Å². The van der Waals surface area contributed by atoms with Gasteiger partial charge in [0, 0.05) is 21.9 Å². The van der Waals surface area contributed by atoms with Gasteiger partial charge in [0.15, 0.2) is 5.78 Å². The number of benzene rings is 1. The smallest absolute Gasteiger partial charge is 0.159 e. The van der Waals surface area contributed by atoms with Crippen molar-refractivity contribution in [3.05, 3.63) is 27.3 Å². The van der Waals surface area contributed by atoms with Crippen LogP contribution in [-0.4, -0.2) is 12.8 Å². The van der Waals surface area contributed by atoms with Gasteiger partial charge in [0.05, 0.1) is 0 Å². The predicted molar refractivity (Wildman–Crippen MR) is 58.7 cm³/mol. The molecule has 1 N–H and O–H groups in total. The number of carbonyl (C=O) groups excluding carboxylic acids is 1. The lowest BCUT2D eigenvalue weighted by Gasteiger charge is -2.04. The van der Waals surface area contributed by atoms with Crippen molar-refractivity contribution >= 4 is 34.1 Å². The molecule has 2 nitrogen and oxygen atoms in total. The van der Waals surface area contributed by atoms with Crippen molar-refractivity contribution in [2.75, 3.05) is 12.4 Å². The fourth-order valence-corrected chi connectivity index (χ4v) is 1.54. The van der Waals surface area contributed by atoms with Gasteiger partial charge in [0.2, 0.25) is 0 Å². The first kappa shape index (κ1) is 9.51. The SMILES string of the molecule is CNc1cc(C(C)=O)ccc1I. The molecule has 0 fully saturated rings. The monoisotopic (exact) mass is 275 g/mol. The molecule has 1 aromatic rings. The molecule has 0 heterocycles. The first-order valence-corrected chi connectivity index (χ1v) is 4.71. The van der Waals surface area contributed by atoms with Gasteiger partial charge in [-0.1, -0.05) is 6.07 Å². The van der Waals surface area contributed by atoms with Gasteiger partial charge >= 0.3 is 0 Å². The van der Waals surface area contributed by atoms with Crippen LogP contribution in [0.2, 0.25) is 0 Å². The molecule has 1 aromatic carbocycles. The van der Waals surface area contributed by atoms with Crippen molar-refractivity contribution in [1.29, 1.82) is 0 Å². The van der Waals surface area contributed by atoms with Crippen LogP contribution < -0.4 is 5.32 Å². The van der Waals surface area contributed by atoms with Crippen molar-refractivity contribution in [1.82, 2.24) is 0 Å². The fourth-order valence-electron chi connectivity index (χ4n) is 0.936. The first-order valence-electron chi connectivity index (χ1n) is 3.63. The Labute approximate surface area is 85.5 Å². The van der Waals surface area contributed by atoms with E-state index >= 15 is 0 Å². The number of ketones is 1. The van der Waals surface area contributed by atoms with E-state index in [1.807, 2.05) is 25.2 Å². The number of nitrogens with one attached hydrogen (secondary N) is 1. The fraction of sp³-hybridized carbons (Fsp3) is 0.222. The summed E-state index contributed by atoms with van der Waals surface area (Å²) in [7, 11) is 1.85. The summed E-state index contributed by atoms with van der Waals surface area (Å²) in [5.74, 6) is 0.0999. The average molecular weight is 275 g/mol. The molecule has 3 heteroatoms. The summed E-state index contributed by atoms with van der Waals surface area (Å²) in [4.78, 5) is 11.0. The Bertz CT molecular complexity index is 309. The summed E-state index contributed by atoms with van der Waals surface area (Å²) >= 11 is 2.23. The quantitative estimate of drug-likeness (QED) is 0.663. The van der Waals surface area contributed by atoms with Gasteiger partial charge in [0.1, 0.15) is 0 Å². The zero-order valence-electron chi connectivity index (χ0n) is 7.02. The van der Waals surface area contributed by atoms with Gasteiger partial charge in [-0.05, 0) is 41.6 Å². The van der Waals surface area contributed by atoms with Gasteiger partial charge in [-0.15, -0.1) is 0 Å². The molecule has 0 bridgehead atoms. The highest BCUT2D eigenvalue weighted by molar-refractivity contribution is 14.1. The van der Waals surface area contributed by atoms with Crippen molar-refractivity contribution < 1.29 is 4.79 Å². The molecule has 0 aliphatic rings. The Morgan fingerprint density at radius 1 is 1.50 bits per heavy atom. The summed E-state index contributed by atoms with van der Waals surface area (Å²) in [6.45, 7) is 1.57. The number of halogens is 1. The van der Waals surface area contributed by atoms with Crippen molar-refractivity contribution in [3.8, 4) is 0 Å². The predicted octanol–water partition coefficient (Wildman–Crippen LogP) is 2.54. The van der Waals surface area contributed by atoms with E-state index in [0.29, 0.717) is 0 Å². The van der Waals surface area contributed by atoms with Crippen LogP contribution >= 0.6 is 22.6 Å². The largest absolute Gasteiger partial charge is 0.387 e. The molecule has 0 saturated carbocycles. The summed E-state index contributed by atoms with van der Waals surface area (Å²) < 4.78 is 1.13. The van der Waals surface area contributed by atoms with Gasteiger partial charge in [-0.25, -0.2) is 0 Å². The second kappa shape index (κ2) is 3.89. The van der Waals surface area contributed by atoms with Crippen molar-refractivity contribution in [3.63, 3.8) is 0 Å². The molecule has 0 radical (unpaired) electrons. The maximum atomic E-state index is 11.0. The van der Waals surface area contributed by atoms with Gasteiger partial charge in [-0.2, -0.15) is 0 Å². The molecular weight excluding hydrogens is 265 g/mol. The summed E-state index contributed by atoms with van der Waals surface area (Å²) in [6.07, 6.45) is 0. The Hall–Kier alpha value is -0.580. The third-order valence-corrected chi connectivity index (χ3v) is 2.58. The zero-order chi connectivity index (χ0) is 9.14. The third kappa shape index (κ3) is 1.97. The van der Waals surface area contributed by atoms with Crippen molar-refractivity contribution in [2.24, 2.45) is 0 Å². The molecule has 0 aliphatic heterocycles. The second-order valence-electron chi connectivity index (χ2n) is 2.50. The van der Waals surface area contributed by atoms with E-state index in [0.717, 1.165) is 14.8 Å². The number of anilines is 1. The molecule has 64 valence electrons. The van der Waals surface area contributed by atoms with Crippen LogP contribution in [0.5, 0.6) is 0 Å². The molecule has 12 heavy (non-hydrogen) atoms. The Morgan fingerprint density at radius 3 is 2.67 bits per heavy atom. The highest BCUT2D eigenvalue weighted by atomic mass is 127. The minimum Gasteiger partial charge on any atom is -0.387 e. The number of carbonyl (C=O) groups is 1. The van der Waals surface area contributed by atoms with Gasteiger partial charge in [-0.3, -0.25) is 4.79 Å². The highest BCUT2D eigenvalue weighted by Crippen LogP contribution is 2.19. The number of rotatable bonds is 2. The highest BCUT2D eigenvalue weighted by Gasteiger charge is 2.02. The van der Waals surface area contributed by atoms with E-state index in [9.17, 15) is 4.79 Å². The normalized spacial score (nSPS) is 9.58. The lowest BCUT2D eigenvalue weighted by Crippen LogP contribution is -1.96. The maximum absolute atomic E-state index is 11.0. The van der Waals surface area contributed by atoms with Gasteiger partial charge in [0.25, 0.3) is 0 Å². The van der Waals surface area contributed by atoms with E-state index < -0.39 is 0 Å². The van der Waals surface area contributed by atoms with Crippen LogP contribution in [0, 0.1) is 3.57 Å². The average Bonchev–Trinajstić information content (AvgIpc) is 2.05. The Kier molecular flexibility index (Phi) is 3.08. The van der Waals surface area contributed by atoms with E-state index in [1.54, 1.807) is 6.92 Å². The topological polar surface area (TPSA) is 29.1 Å². The molecule has 0 saturated heterocycles. The van der Waals surface area contributed by atoms with Crippen molar-refractivity contribution in [2.45, 2.75) is 6.92 Å². The van der Waals surface area contributed by atoms with E-state index in [2.05, 4.69) is 27.9 Å². The van der Waals surface area contributed by atoms with E-state index in [4.69, 9.17) is 0 Å². The first-order chi connectivity index (χ1) is 5.65. The van der Waals surface area contributed by atoms with E-state index in [1.165, 1.54) is 0 Å². The molecule has 0 amide bonds. The van der Waals surface area contributed by atoms with Crippen LogP contribution in [0.4, 0.5) is 5.69 Å². The molecule has 0 aliphatic carbocycles. The standard InChI is InChI=1S/C9H10INO/c1-6(12)7-3-4-8(10)9(5-7)11-2/h3-5,11H,1-2H3. The molecule has 0 spiro atoms. The molecule has 1 rings (SSSR count). The maximum Gasteiger partial charge on any atom is 0.159 e. The summed E-state index contributed by atoms with van der Waals surface area (Å²) in [5.41, 5.74) is 1.75. The van der Waals surface area contributed by atoms with E-state index in [-0.39, 0.29) is 5.78 Å². The number of hydrogen-bond acceptors (Lipinski definition) is 2. The third-order valence-electron chi connectivity index (χ3n) is 1.64. The summed E-state index contributed by atoms with van der Waals surface area (Å²) in [5, 5.41) is 3.03. The Balaban J connectivity index is 3.13. The van der Waals surface area contributed by atoms with Crippen LogP contribution in [0.1, 0.15) is 17.3 Å². The van der Waals surface area contributed by atoms with Crippen LogP contribution in [0.3, 0.4) is 0 Å². The molecule has 0 atom stereocenters. The molecule has 0 unspecified atom stereocenters. The lowest BCUT2D eigenvalue weighted by molar-refractivity contribution is 0.101. The van der Waals surface area contributed by atoms with Crippen LogP contribution in [0.15, 0.2) is 18.2 Å². The minimum absolute atomic E-state index is 0.0999. The number of hydrogen-bond donors (Lipinski definition) is 1. The van der Waals surface area contributed by atoms with Crippen LogP contribution in [0.25, 0.3) is 0 Å². The molecule has 0 aromatic heterocycles. The summed E-state index contributed by atoms with van der Waals surface area (Å²) in [6, 6.07) is 5.64. The molecular formula is C9H10INO. The lowest BCUT2D eigenvalue weighted by atomic mass is 10.1. The minimum atomic E-state index is 0.0999. The second-order valence-corrected chi connectivity index (χ2v) is 3.66. The number of Topliss-reactive ketones (excluding diaryl/α,β-unsaturated/α-hetero) is 1. The van der Waals surface area contributed by atoms with Gasteiger partial charge < -0.3 is 5.32 Å². The Morgan fingerprint density at radius 2 is 2.17 bits per heavy atom.